The predicted molar refractivity (Wildman–Crippen MR) is 84.5 cm³/mol. The molecule has 2 aromatic rings. The zero-order valence-corrected chi connectivity index (χ0v) is 13.5. The van der Waals surface area contributed by atoms with E-state index < -0.39 is 0 Å². The monoisotopic (exact) mass is 305 g/mol. The number of nitrogens with one attached hydrogen (secondary N) is 1. The van der Waals surface area contributed by atoms with Gasteiger partial charge >= 0.3 is 0 Å². The standard InChI is InChI=1S/C16H23N3O3/c1-5-19-11-13(10-18-19)9-17-8-12-6-14(20-2)16(22-4)15(7-12)21-3/h6-7,10-11,17H,5,8-9H2,1-4H3. The number of aryl methyl sites for hydroxylation is 1. The zero-order valence-electron chi connectivity index (χ0n) is 13.5. The quantitative estimate of drug-likeness (QED) is 0.810. The van der Waals surface area contributed by atoms with Crippen LogP contribution in [0.4, 0.5) is 0 Å². The molecular formula is C16H23N3O3. The van der Waals surface area contributed by atoms with Crippen LogP contribution in [0.15, 0.2) is 24.5 Å². The summed E-state index contributed by atoms with van der Waals surface area (Å²) >= 11 is 0. The van der Waals surface area contributed by atoms with E-state index in [4.69, 9.17) is 14.2 Å². The lowest BCUT2D eigenvalue weighted by Gasteiger charge is -2.14. The van der Waals surface area contributed by atoms with E-state index in [-0.39, 0.29) is 0 Å². The molecule has 0 bridgehead atoms. The van der Waals surface area contributed by atoms with E-state index in [1.807, 2.05) is 29.2 Å². The Balaban J connectivity index is 2.03. The summed E-state index contributed by atoms with van der Waals surface area (Å²) in [5.41, 5.74) is 2.23. The second kappa shape index (κ2) is 7.70. The van der Waals surface area contributed by atoms with E-state index >= 15 is 0 Å². The molecule has 1 N–H and O–H groups in total. The molecule has 120 valence electrons. The molecule has 0 aliphatic rings. The first-order valence-corrected chi connectivity index (χ1v) is 7.22. The van der Waals surface area contributed by atoms with Crippen LogP contribution < -0.4 is 19.5 Å². The summed E-state index contributed by atoms with van der Waals surface area (Å²) in [7, 11) is 4.84. The molecule has 1 aromatic carbocycles. The van der Waals surface area contributed by atoms with Crippen molar-refractivity contribution in [3.8, 4) is 17.2 Å². The molecule has 22 heavy (non-hydrogen) atoms. The Labute approximate surface area is 131 Å². The Morgan fingerprint density at radius 3 is 2.14 bits per heavy atom. The van der Waals surface area contributed by atoms with Gasteiger partial charge in [-0.3, -0.25) is 4.68 Å². The molecule has 0 atom stereocenters. The van der Waals surface area contributed by atoms with Gasteiger partial charge in [0.15, 0.2) is 11.5 Å². The maximum absolute atomic E-state index is 5.36. The van der Waals surface area contributed by atoms with Gasteiger partial charge in [-0.25, -0.2) is 0 Å². The Hall–Kier alpha value is -2.21. The van der Waals surface area contributed by atoms with Gasteiger partial charge in [-0.05, 0) is 24.6 Å². The molecule has 2 rings (SSSR count). The Morgan fingerprint density at radius 1 is 1.00 bits per heavy atom. The molecule has 6 nitrogen and oxygen atoms in total. The van der Waals surface area contributed by atoms with E-state index in [1.165, 1.54) is 0 Å². The minimum Gasteiger partial charge on any atom is -0.493 e. The summed E-state index contributed by atoms with van der Waals surface area (Å²) in [5, 5.41) is 7.65. The molecule has 0 unspecified atom stereocenters. The van der Waals surface area contributed by atoms with E-state index in [2.05, 4.69) is 17.3 Å². The average Bonchev–Trinajstić information content (AvgIpc) is 3.01. The fourth-order valence-electron chi connectivity index (χ4n) is 2.26. The van der Waals surface area contributed by atoms with Crippen LogP contribution in [0, 0.1) is 0 Å². The van der Waals surface area contributed by atoms with Gasteiger partial charge in [0.05, 0.1) is 27.5 Å². The fourth-order valence-corrected chi connectivity index (χ4v) is 2.26. The van der Waals surface area contributed by atoms with Crippen LogP contribution in [0.25, 0.3) is 0 Å². The van der Waals surface area contributed by atoms with Gasteiger partial charge in [0.2, 0.25) is 5.75 Å². The van der Waals surface area contributed by atoms with Crippen LogP contribution in [0.5, 0.6) is 17.2 Å². The normalized spacial score (nSPS) is 10.5. The Kier molecular flexibility index (Phi) is 5.66. The average molecular weight is 305 g/mol. The lowest BCUT2D eigenvalue weighted by Crippen LogP contribution is -2.12. The zero-order chi connectivity index (χ0) is 15.9. The summed E-state index contributed by atoms with van der Waals surface area (Å²) in [6.45, 7) is 4.41. The SMILES string of the molecule is CCn1cc(CNCc2cc(OC)c(OC)c(OC)c2)cn1. The first kappa shape index (κ1) is 16.2. The molecular weight excluding hydrogens is 282 g/mol. The topological polar surface area (TPSA) is 57.5 Å². The summed E-state index contributed by atoms with van der Waals surface area (Å²) in [5.74, 6) is 1.94. The molecule has 0 aliphatic heterocycles. The summed E-state index contributed by atoms with van der Waals surface area (Å²) in [6, 6.07) is 3.90. The van der Waals surface area contributed by atoms with Gasteiger partial charge in [0.1, 0.15) is 0 Å². The number of aromatic nitrogens is 2. The molecule has 0 spiro atoms. The molecule has 0 radical (unpaired) electrons. The first-order valence-electron chi connectivity index (χ1n) is 7.22. The molecule has 1 heterocycles. The molecule has 1 aromatic heterocycles. The summed E-state index contributed by atoms with van der Waals surface area (Å²) < 4.78 is 17.9. The highest BCUT2D eigenvalue weighted by Crippen LogP contribution is 2.38. The Morgan fingerprint density at radius 2 is 1.64 bits per heavy atom. The van der Waals surface area contributed by atoms with Crippen LogP contribution in [-0.4, -0.2) is 31.1 Å². The molecule has 0 amide bonds. The third-order valence-corrected chi connectivity index (χ3v) is 3.39. The van der Waals surface area contributed by atoms with Gasteiger partial charge in [-0.2, -0.15) is 5.10 Å². The predicted octanol–water partition coefficient (Wildman–Crippen LogP) is 2.22. The number of ether oxygens (including phenoxy) is 3. The number of rotatable bonds is 8. The number of hydrogen-bond acceptors (Lipinski definition) is 5. The third kappa shape index (κ3) is 3.71. The van der Waals surface area contributed by atoms with Gasteiger partial charge in [0.25, 0.3) is 0 Å². The van der Waals surface area contributed by atoms with Crippen LogP contribution in [0.2, 0.25) is 0 Å². The third-order valence-electron chi connectivity index (χ3n) is 3.39. The minimum absolute atomic E-state index is 0.609. The molecule has 0 saturated carbocycles. The van der Waals surface area contributed by atoms with E-state index in [0.717, 1.165) is 24.2 Å². The first-order chi connectivity index (χ1) is 10.7. The molecule has 0 fully saturated rings. The van der Waals surface area contributed by atoms with Crippen molar-refractivity contribution in [1.29, 1.82) is 0 Å². The summed E-state index contributed by atoms with van der Waals surface area (Å²) in [6.07, 6.45) is 3.92. The van der Waals surface area contributed by atoms with E-state index in [9.17, 15) is 0 Å². The van der Waals surface area contributed by atoms with Crippen molar-refractivity contribution in [2.24, 2.45) is 0 Å². The second-order valence-corrected chi connectivity index (χ2v) is 4.84. The van der Waals surface area contributed by atoms with Crippen LogP contribution in [0.3, 0.4) is 0 Å². The molecule has 0 saturated heterocycles. The van der Waals surface area contributed by atoms with Crippen molar-refractivity contribution in [3.63, 3.8) is 0 Å². The minimum atomic E-state index is 0.609. The van der Waals surface area contributed by atoms with Crippen molar-refractivity contribution < 1.29 is 14.2 Å². The highest BCUT2D eigenvalue weighted by molar-refractivity contribution is 5.53. The van der Waals surface area contributed by atoms with Crippen LogP contribution in [0.1, 0.15) is 18.1 Å². The van der Waals surface area contributed by atoms with Crippen molar-refractivity contribution in [2.75, 3.05) is 21.3 Å². The van der Waals surface area contributed by atoms with Crippen molar-refractivity contribution in [3.05, 3.63) is 35.7 Å². The smallest absolute Gasteiger partial charge is 0.203 e. The van der Waals surface area contributed by atoms with Gasteiger partial charge in [-0.15, -0.1) is 0 Å². The highest BCUT2D eigenvalue weighted by atomic mass is 16.5. The lowest BCUT2D eigenvalue weighted by atomic mass is 10.1. The van der Waals surface area contributed by atoms with Crippen molar-refractivity contribution >= 4 is 0 Å². The van der Waals surface area contributed by atoms with Gasteiger partial charge in [0, 0.05) is 31.4 Å². The van der Waals surface area contributed by atoms with Crippen LogP contribution >= 0.6 is 0 Å². The van der Waals surface area contributed by atoms with E-state index in [1.54, 1.807) is 21.3 Å². The fraction of sp³-hybridized carbons (Fsp3) is 0.438. The Bertz CT molecular complexity index is 585. The van der Waals surface area contributed by atoms with Gasteiger partial charge in [-0.1, -0.05) is 0 Å². The highest BCUT2D eigenvalue weighted by Gasteiger charge is 2.12. The van der Waals surface area contributed by atoms with Gasteiger partial charge < -0.3 is 19.5 Å². The maximum Gasteiger partial charge on any atom is 0.203 e. The number of methoxy groups -OCH3 is 3. The maximum atomic E-state index is 5.36. The van der Waals surface area contributed by atoms with Crippen LogP contribution in [-0.2, 0) is 19.6 Å². The number of hydrogen-bond donors (Lipinski definition) is 1. The molecule has 6 heteroatoms. The lowest BCUT2D eigenvalue weighted by molar-refractivity contribution is 0.323. The van der Waals surface area contributed by atoms with E-state index in [0.29, 0.717) is 23.8 Å². The molecule has 0 aliphatic carbocycles. The number of benzene rings is 1. The summed E-state index contributed by atoms with van der Waals surface area (Å²) in [4.78, 5) is 0. The van der Waals surface area contributed by atoms with Crippen molar-refractivity contribution in [2.45, 2.75) is 26.6 Å². The number of nitrogens with zero attached hydrogens (tertiary/aromatic N) is 2. The van der Waals surface area contributed by atoms with Crippen molar-refractivity contribution in [1.82, 2.24) is 15.1 Å². The second-order valence-electron chi connectivity index (χ2n) is 4.84. The largest absolute Gasteiger partial charge is 0.493 e.